The van der Waals surface area contributed by atoms with Gasteiger partial charge in [-0.2, -0.15) is 4.68 Å². The Morgan fingerprint density at radius 1 is 1.22 bits per heavy atom. The smallest absolute Gasteiger partial charge is 0.348 e. The van der Waals surface area contributed by atoms with Crippen LogP contribution in [-0.4, -0.2) is 20.7 Å². The first kappa shape index (κ1) is 21.9. The fraction of sp³-hybridized carbons (Fsp3) is 0.320. The van der Waals surface area contributed by atoms with Gasteiger partial charge in [-0.3, -0.25) is 9.78 Å². The zero-order chi connectivity index (χ0) is 22.9. The van der Waals surface area contributed by atoms with Crippen LogP contribution in [0.1, 0.15) is 44.7 Å². The highest BCUT2D eigenvalue weighted by Gasteiger charge is 2.21. The third-order valence-electron chi connectivity index (χ3n) is 5.15. The third-order valence-corrected chi connectivity index (χ3v) is 5.47. The van der Waals surface area contributed by atoms with Crippen molar-refractivity contribution in [3.8, 4) is 28.9 Å². The lowest BCUT2D eigenvalue weighted by atomic mass is 9.95. The van der Waals surface area contributed by atoms with E-state index in [1.165, 1.54) is 17.5 Å². The molecule has 0 unspecified atom stereocenters. The average Bonchev–Trinajstić information content (AvgIpc) is 3.51. The lowest BCUT2D eigenvalue weighted by molar-refractivity contribution is -0.128. The first-order valence-corrected chi connectivity index (χ1v) is 11.0. The van der Waals surface area contributed by atoms with Gasteiger partial charge in [-0.15, -0.1) is 5.10 Å². The molecule has 1 aliphatic rings. The Kier molecular flexibility index (Phi) is 5.94. The summed E-state index contributed by atoms with van der Waals surface area (Å²) < 4.78 is 1.24. The quantitative estimate of drug-likeness (QED) is 0.584. The first-order chi connectivity index (χ1) is 15.2. The number of rotatable bonds is 4. The van der Waals surface area contributed by atoms with Crippen molar-refractivity contribution in [1.29, 1.82) is 0 Å². The molecule has 164 valence electrons. The van der Waals surface area contributed by atoms with Crippen LogP contribution in [0, 0.1) is 23.2 Å². The van der Waals surface area contributed by atoms with E-state index in [-0.39, 0.29) is 5.91 Å². The van der Waals surface area contributed by atoms with Crippen LogP contribution in [-0.2, 0) is 11.3 Å². The predicted octanol–water partition coefficient (Wildman–Crippen LogP) is 4.30. The molecule has 0 aliphatic heterocycles. The lowest BCUT2D eigenvalue weighted by Gasteiger charge is -2.17. The highest BCUT2D eigenvalue weighted by atomic mass is 35.5. The molecule has 1 amide bonds. The molecule has 1 aromatic heterocycles. The molecule has 0 radical (unpaired) electrons. The number of hydrogen-bond donors (Lipinski definition) is 2. The van der Waals surface area contributed by atoms with Crippen molar-refractivity contribution < 1.29 is 4.79 Å². The van der Waals surface area contributed by atoms with E-state index in [1.807, 2.05) is 51.1 Å². The summed E-state index contributed by atoms with van der Waals surface area (Å²) in [5.41, 5.74) is 2.11. The zero-order valence-corrected chi connectivity index (χ0v) is 19.1. The van der Waals surface area contributed by atoms with Gasteiger partial charge in [0.05, 0.1) is 10.7 Å². The SMILES string of the molecule is CC(C)(C)C(=O)NCc1ccc(Cl)c(-n2nc(-c3ccc(C#CC4CC4)cc3)[nH]c2=O)c1. The number of nitrogens with zero attached hydrogens (tertiary/aromatic N) is 2. The Hall–Kier alpha value is -3.30. The molecule has 2 N–H and O–H groups in total. The number of nitrogens with one attached hydrogen (secondary N) is 2. The number of carbonyl (C=O) groups is 1. The molecule has 0 saturated heterocycles. The van der Waals surface area contributed by atoms with Crippen molar-refractivity contribution in [2.75, 3.05) is 0 Å². The van der Waals surface area contributed by atoms with Gasteiger partial charge in [0.2, 0.25) is 5.91 Å². The van der Waals surface area contributed by atoms with E-state index in [9.17, 15) is 9.59 Å². The molecule has 2 aromatic carbocycles. The van der Waals surface area contributed by atoms with Gasteiger partial charge in [0.25, 0.3) is 0 Å². The summed E-state index contributed by atoms with van der Waals surface area (Å²) >= 11 is 6.36. The number of halogens is 1. The Balaban J connectivity index is 1.56. The molecule has 1 saturated carbocycles. The monoisotopic (exact) mass is 448 g/mol. The van der Waals surface area contributed by atoms with Crippen LogP contribution >= 0.6 is 11.6 Å². The molecule has 1 heterocycles. The van der Waals surface area contributed by atoms with E-state index < -0.39 is 11.1 Å². The first-order valence-electron chi connectivity index (χ1n) is 10.6. The van der Waals surface area contributed by atoms with Gasteiger partial charge in [0, 0.05) is 29.0 Å². The Labute approximate surface area is 192 Å². The van der Waals surface area contributed by atoms with Crippen molar-refractivity contribution >= 4 is 17.5 Å². The molecule has 1 fully saturated rings. The van der Waals surface area contributed by atoms with Crippen LogP contribution in [0.25, 0.3) is 17.1 Å². The summed E-state index contributed by atoms with van der Waals surface area (Å²) in [7, 11) is 0. The van der Waals surface area contributed by atoms with Crippen molar-refractivity contribution in [3.05, 3.63) is 69.1 Å². The molecular formula is C25H25ClN4O2. The number of amides is 1. The molecular weight excluding hydrogens is 424 g/mol. The molecule has 4 rings (SSSR count). The Morgan fingerprint density at radius 3 is 2.59 bits per heavy atom. The van der Waals surface area contributed by atoms with E-state index in [0.29, 0.717) is 29.0 Å². The van der Waals surface area contributed by atoms with Crippen molar-refractivity contribution in [1.82, 2.24) is 20.1 Å². The van der Waals surface area contributed by atoms with Crippen molar-refractivity contribution in [3.63, 3.8) is 0 Å². The van der Waals surface area contributed by atoms with Gasteiger partial charge in [0.15, 0.2) is 5.82 Å². The Morgan fingerprint density at radius 2 is 1.94 bits per heavy atom. The second kappa shape index (κ2) is 8.68. The lowest BCUT2D eigenvalue weighted by Crippen LogP contribution is -2.34. The van der Waals surface area contributed by atoms with Gasteiger partial charge < -0.3 is 5.32 Å². The van der Waals surface area contributed by atoms with Crippen LogP contribution in [0.15, 0.2) is 47.3 Å². The van der Waals surface area contributed by atoms with Gasteiger partial charge >= 0.3 is 5.69 Å². The topological polar surface area (TPSA) is 79.8 Å². The fourth-order valence-corrected chi connectivity index (χ4v) is 3.22. The standard InChI is InChI=1S/C25H25ClN4O2/c1-25(2,3)23(31)27-15-18-10-13-20(26)21(14-18)30-24(32)28-22(29-30)19-11-8-17(9-12-19)7-6-16-4-5-16/h8-14,16H,4-5,15H2,1-3H3,(H,27,31)(H,28,29,32). The van der Waals surface area contributed by atoms with E-state index >= 15 is 0 Å². The highest BCUT2D eigenvalue weighted by molar-refractivity contribution is 6.32. The van der Waals surface area contributed by atoms with E-state index in [2.05, 4.69) is 27.2 Å². The van der Waals surface area contributed by atoms with Crippen molar-refractivity contribution in [2.24, 2.45) is 11.3 Å². The maximum atomic E-state index is 12.6. The normalized spacial score (nSPS) is 13.4. The molecule has 0 spiro atoms. The van der Waals surface area contributed by atoms with Crippen LogP contribution in [0.5, 0.6) is 0 Å². The minimum atomic E-state index is -0.484. The van der Waals surface area contributed by atoms with Crippen LogP contribution in [0.4, 0.5) is 0 Å². The summed E-state index contributed by atoms with van der Waals surface area (Å²) in [5, 5.41) is 7.73. The molecule has 6 nitrogen and oxygen atoms in total. The van der Waals surface area contributed by atoms with Gasteiger partial charge in [-0.1, -0.05) is 50.3 Å². The number of H-pyrrole nitrogens is 1. The average molecular weight is 449 g/mol. The third kappa shape index (κ3) is 5.12. The van der Waals surface area contributed by atoms with Crippen LogP contribution in [0.2, 0.25) is 5.02 Å². The second-order valence-corrected chi connectivity index (χ2v) is 9.44. The number of aromatic amines is 1. The molecule has 1 aliphatic carbocycles. The molecule has 7 heteroatoms. The maximum Gasteiger partial charge on any atom is 0.348 e. The van der Waals surface area contributed by atoms with Crippen LogP contribution in [0.3, 0.4) is 0 Å². The minimum absolute atomic E-state index is 0.0570. The number of carbonyl (C=O) groups excluding carboxylic acids is 1. The predicted molar refractivity (Wildman–Crippen MR) is 126 cm³/mol. The largest absolute Gasteiger partial charge is 0.352 e. The maximum absolute atomic E-state index is 12.6. The summed E-state index contributed by atoms with van der Waals surface area (Å²) in [6.07, 6.45) is 2.38. The number of aromatic nitrogens is 3. The molecule has 32 heavy (non-hydrogen) atoms. The Bertz CT molecular complexity index is 1270. The molecule has 3 aromatic rings. The van der Waals surface area contributed by atoms with E-state index in [4.69, 9.17) is 11.6 Å². The van der Waals surface area contributed by atoms with Crippen molar-refractivity contribution in [2.45, 2.75) is 40.2 Å². The van der Waals surface area contributed by atoms with E-state index in [0.717, 1.165) is 16.7 Å². The summed E-state index contributed by atoms with van der Waals surface area (Å²) in [5.74, 6) is 7.34. The highest BCUT2D eigenvalue weighted by Crippen LogP contribution is 2.27. The zero-order valence-electron chi connectivity index (χ0n) is 18.3. The fourth-order valence-electron chi connectivity index (χ4n) is 3.02. The van der Waals surface area contributed by atoms with E-state index in [1.54, 1.807) is 12.1 Å². The van der Waals surface area contributed by atoms with Gasteiger partial charge in [-0.25, -0.2) is 4.79 Å². The number of benzene rings is 2. The van der Waals surface area contributed by atoms with Crippen LogP contribution < -0.4 is 11.0 Å². The summed E-state index contributed by atoms with van der Waals surface area (Å²) in [6, 6.07) is 12.9. The number of hydrogen-bond acceptors (Lipinski definition) is 3. The second-order valence-electron chi connectivity index (χ2n) is 9.03. The minimum Gasteiger partial charge on any atom is -0.352 e. The molecule has 0 atom stereocenters. The van der Waals surface area contributed by atoms with Gasteiger partial charge in [0.1, 0.15) is 0 Å². The molecule has 0 bridgehead atoms. The summed E-state index contributed by atoms with van der Waals surface area (Å²) in [6.45, 7) is 5.89. The van der Waals surface area contributed by atoms with Gasteiger partial charge in [-0.05, 0) is 54.8 Å². The summed E-state index contributed by atoms with van der Waals surface area (Å²) in [4.78, 5) is 27.6.